The minimum Gasteiger partial charge on any atom is -0.478 e. The first-order valence-corrected chi connectivity index (χ1v) is 11.4. The number of anilines is 2. The Kier molecular flexibility index (Phi) is 5.15. The van der Waals surface area contributed by atoms with Gasteiger partial charge in [-0.15, -0.1) is 11.3 Å². The van der Waals surface area contributed by atoms with E-state index in [0.29, 0.717) is 22.4 Å². The molecular weight excluding hydrogens is 412 g/mol. The Bertz CT molecular complexity index is 1150. The van der Waals surface area contributed by atoms with Gasteiger partial charge in [0, 0.05) is 37.3 Å². The van der Waals surface area contributed by atoms with Crippen LogP contribution in [0.5, 0.6) is 0 Å². The fraction of sp³-hybridized carbons (Fsp3) is 0.263. The van der Waals surface area contributed by atoms with Crippen LogP contribution in [-0.2, 0) is 10.0 Å². The number of piperazine rings is 1. The number of rotatable bonds is 5. The maximum atomic E-state index is 12.5. The van der Waals surface area contributed by atoms with Crippen molar-refractivity contribution < 1.29 is 18.3 Å². The number of carbonyl (C=O) groups is 1. The molecule has 0 amide bonds. The monoisotopic (exact) mass is 432 g/mol. The van der Waals surface area contributed by atoms with E-state index < -0.39 is 16.0 Å². The van der Waals surface area contributed by atoms with E-state index in [1.54, 1.807) is 29.6 Å². The molecular formula is C19H20N4O4S2. The molecule has 0 atom stereocenters. The lowest BCUT2D eigenvalue weighted by Crippen LogP contribution is -2.44. The van der Waals surface area contributed by atoms with Crippen molar-refractivity contribution in [3.05, 3.63) is 47.3 Å². The zero-order valence-electron chi connectivity index (χ0n) is 15.7. The van der Waals surface area contributed by atoms with Crippen molar-refractivity contribution in [3.63, 3.8) is 0 Å². The molecule has 3 aromatic rings. The molecule has 0 radical (unpaired) electrons. The van der Waals surface area contributed by atoms with Gasteiger partial charge in [-0.25, -0.2) is 18.2 Å². The fourth-order valence-corrected chi connectivity index (χ4v) is 5.31. The summed E-state index contributed by atoms with van der Waals surface area (Å²) in [5, 5.41) is 11.8. The molecule has 0 spiro atoms. The molecule has 0 bridgehead atoms. The minimum atomic E-state index is -3.71. The Morgan fingerprint density at radius 2 is 1.93 bits per heavy atom. The fourth-order valence-electron chi connectivity index (χ4n) is 3.27. The van der Waals surface area contributed by atoms with Crippen LogP contribution in [0.15, 0.2) is 46.0 Å². The molecule has 2 N–H and O–H groups in total. The molecule has 0 saturated carbocycles. The van der Waals surface area contributed by atoms with Crippen molar-refractivity contribution in [1.29, 1.82) is 0 Å². The zero-order valence-corrected chi connectivity index (χ0v) is 17.3. The van der Waals surface area contributed by atoms with Gasteiger partial charge < -0.3 is 14.9 Å². The molecule has 2 aromatic heterocycles. The lowest BCUT2D eigenvalue weighted by atomic mass is 10.1. The lowest BCUT2D eigenvalue weighted by molar-refractivity contribution is 0.0699. The van der Waals surface area contributed by atoms with Crippen LogP contribution in [0.4, 0.5) is 11.5 Å². The number of nitrogens with zero attached hydrogens (tertiary/aromatic N) is 3. The van der Waals surface area contributed by atoms with Crippen LogP contribution in [0, 0.1) is 0 Å². The normalized spacial score (nSPS) is 15.6. The van der Waals surface area contributed by atoms with Crippen LogP contribution >= 0.6 is 11.3 Å². The number of nitrogens with one attached hydrogen (secondary N) is 1. The highest BCUT2D eigenvalue weighted by molar-refractivity contribution is 7.94. The SMILES string of the molecule is CN1CCN(c2cc(C(=O)O)c3cc(NS(=O)(=O)c4cccs4)ccc3n2)CC1. The summed E-state index contributed by atoms with van der Waals surface area (Å²) in [5.41, 5.74) is 0.904. The third-order valence-electron chi connectivity index (χ3n) is 4.86. The maximum Gasteiger partial charge on any atom is 0.336 e. The molecule has 1 fully saturated rings. The summed E-state index contributed by atoms with van der Waals surface area (Å²) in [6, 6.07) is 9.50. The number of carboxylic acid groups (broad SMARTS) is 1. The van der Waals surface area contributed by atoms with E-state index >= 15 is 0 Å². The van der Waals surface area contributed by atoms with Gasteiger partial charge in [-0.1, -0.05) is 6.07 Å². The Morgan fingerprint density at radius 3 is 2.59 bits per heavy atom. The minimum absolute atomic E-state index is 0.0982. The maximum absolute atomic E-state index is 12.5. The Morgan fingerprint density at radius 1 is 1.17 bits per heavy atom. The zero-order chi connectivity index (χ0) is 20.6. The van der Waals surface area contributed by atoms with Crippen LogP contribution in [0.25, 0.3) is 10.9 Å². The van der Waals surface area contributed by atoms with Crippen LogP contribution in [-0.4, -0.2) is 62.6 Å². The van der Waals surface area contributed by atoms with Crippen LogP contribution in [0.2, 0.25) is 0 Å². The van der Waals surface area contributed by atoms with Crippen molar-refractivity contribution >= 4 is 49.7 Å². The molecule has 0 unspecified atom stereocenters. The highest BCUT2D eigenvalue weighted by Crippen LogP contribution is 2.28. The number of aromatic nitrogens is 1. The number of fused-ring (bicyclic) bond motifs is 1. The van der Waals surface area contributed by atoms with Crippen molar-refractivity contribution in [1.82, 2.24) is 9.88 Å². The predicted octanol–water partition coefficient (Wildman–Crippen LogP) is 2.55. The third-order valence-corrected chi connectivity index (χ3v) is 7.64. The van der Waals surface area contributed by atoms with E-state index in [-0.39, 0.29) is 9.77 Å². The molecule has 4 rings (SSSR count). The first kappa shape index (κ1) is 19.6. The standard InChI is InChI=1S/C19H20N4O4S2/c1-22-6-8-23(9-7-22)17-12-15(19(24)25)14-11-13(4-5-16(14)20-17)21-29(26,27)18-3-2-10-28-18/h2-5,10-12,21H,6-9H2,1H3,(H,24,25). The summed E-state index contributed by atoms with van der Waals surface area (Å²) in [7, 11) is -1.67. The number of aromatic carboxylic acids is 1. The topological polar surface area (TPSA) is 103 Å². The number of carboxylic acids is 1. The second-order valence-corrected chi connectivity index (χ2v) is 9.75. The van der Waals surface area contributed by atoms with Crippen molar-refractivity contribution in [2.45, 2.75) is 4.21 Å². The van der Waals surface area contributed by atoms with Gasteiger partial charge in [-0.3, -0.25) is 4.72 Å². The van der Waals surface area contributed by atoms with Crippen LogP contribution in [0.1, 0.15) is 10.4 Å². The number of thiophene rings is 1. The molecule has 0 aliphatic carbocycles. The quantitative estimate of drug-likeness (QED) is 0.639. The summed E-state index contributed by atoms with van der Waals surface area (Å²) in [5.74, 6) is -0.457. The first-order valence-electron chi connectivity index (χ1n) is 9.01. The predicted molar refractivity (Wildman–Crippen MR) is 114 cm³/mol. The number of pyridine rings is 1. The van der Waals surface area contributed by atoms with Crippen LogP contribution < -0.4 is 9.62 Å². The van der Waals surface area contributed by atoms with Crippen molar-refractivity contribution in [3.8, 4) is 0 Å². The van der Waals surface area contributed by atoms with Crippen LogP contribution in [0.3, 0.4) is 0 Å². The summed E-state index contributed by atoms with van der Waals surface area (Å²) in [6.07, 6.45) is 0. The van der Waals surface area contributed by atoms with Gasteiger partial charge in [0.1, 0.15) is 10.0 Å². The highest BCUT2D eigenvalue weighted by Gasteiger charge is 2.20. The summed E-state index contributed by atoms with van der Waals surface area (Å²) in [4.78, 5) is 20.8. The van der Waals surface area contributed by atoms with E-state index in [2.05, 4.69) is 19.5 Å². The van der Waals surface area contributed by atoms with Gasteiger partial charge in [0.05, 0.1) is 11.1 Å². The van der Waals surface area contributed by atoms with Gasteiger partial charge in [0.15, 0.2) is 0 Å². The first-order chi connectivity index (χ1) is 13.8. The lowest BCUT2D eigenvalue weighted by Gasteiger charge is -2.33. The number of hydrogen-bond acceptors (Lipinski definition) is 7. The molecule has 1 aliphatic rings. The van der Waals surface area contributed by atoms with Gasteiger partial charge in [-0.05, 0) is 42.8 Å². The molecule has 3 heterocycles. The van der Waals surface area contributed by atoms with E-state index in [4.69, 9.17) is 0 Å². The van der Waals surface area contributed by atoms with E-state index in [1.165, 1.54) is 12.1 Å². The summed E-state index contributed by atoms with van der Waals surface area (Å²) >= 11 is 1.11. The molecule has 152 valence electrons. The van der Waals surface area contributed by atoms with Gasteiger partial charge in [0.25, 0.3) is 10.0 Å². The van der Waals surface area contributed by atoms with Crippen molar-refractivity contribution in [2.75, 3.05) is 42.8 Å². The molecule has 29 heavy (non-hydrogen) atoms. The average molecular weight is 433 g/mol. The third kappa shape index (κ3) is 4.04. The molecule has 1 saturated heterocycles. The summed E-state index contributed by atoms with van der Waals surface area (Å²) < 4.78 is 27.6. The summed E-state index contributed by atoms with van der Waals surface area (Å²) in [6.45, 7) is 3.30. The highest BCUT2D eigenvalue weighted by atomic mass is 32.2. The van der Waals surface area contributed by atoms with E-state index in [0.717, 1.165) is 37.5 Å². The molecule has 8 nitrogen and oxygen atoms in total. The largest absolute Gasteiger partial charge is 0.478 e. The Labute approximate surface area is 172 Å². The number of likely N-dealkylation sites (N-methyl/N-ethyl adjacent to an activating group) is 1. The number of hydrogen-bond donors (Lipinski definition) is 2. The van der Waals surface area contributed by atoms with Gasteiger partial charge in [-0.2, -0.15) is 0 Å². The van der Waals surface area contributed by atoms with Gasteiger partial charge >= 0.3 is 5.97 Å². The van der Waals surface area contributed by atoms with Crippen molar-refractivity contribution in [2.24, 2.45) is 0 Å². The Hall–Kier alpha value is -2.69. The van der Waals surface area contributed by atoms with E-state index in [9.17, 15) is 18.3 Å². The molecule has 1 aliphatic heterocycles. The molecule has 1 aromatic carbocycles. The Balaban J connectivity index is 1.72. The van der Waals surface area contributed by atoms with E-state index in [1.807, 2.05) is 7.05 Å². The number of sulfonamides is 1. The second-order valence-electron chi connectivity index (χ2n) is 6.89. The number of benzene rings is 1. The second kappa shape index (κ2) is 7.62. The smallest absolute Gasteiger partial charge is 0.336 e. The molecule has 10 heteroatoms. The van der Waals surface area contributed by atoms with Gasteiger partial charge in [0.2, 0.25) is 0 Å². The average Bonchev–Trinajstić information content (AvgIpc) is 3.23.